The van der Waals surface area contributed by atoms with E-state index in [1.54, 1.807) is 24.3 Å². The maximum absolute atomic E-state index is 10.8. The number of aromatic hydroxyl groups is 2. The lowest BCUT2D eigenvalue weighted by molar-refractivity contribution is 0.457. The number of phenolic OH excluding ortho intramolecular Hbond substituents is 2. The first-order valence-electron chi connectivity index (χ1n) is 4.67. The van der Waals surface area contributed by atoms with Gasteiger partial charge in [-0.1, -0.05) is 30.3 Å². The molecule has 0 radical (unpaired) electrons. The van der Waals surface area contributed by atoms with Crippen LogP contribution < -0.4 is 5.30 Å². The molecule has 0 aliphatic heterocycles. The highest BCUT2D eigenvalue weighted by atomic mass is 31.1. The quantitative estimate of drug-likeness (QED) is 0.782. The summed E-state index contributed by atoms with van der Waals surface area (Å²) < 4.78 is 10.8. The number of benzene rings is 2. The zero-order valence-electron chi connectivity index (χ0n) is 8.29. The molecule has 0 saturated carbocycles. The van der Waals surface area contributed by atoms with Gasteiger partial charge in [-0.2, -0.15) is 0 Å². The Kier molecular flexibility index (Phi) is 2.88. The largest absolute Gasteiger partial charge is 0.507 e. The van der Waals surface area contributed by atoms with E-state index in [0.717, 1.165) is 0 Å². The maximum Gasteiger partial charge on any atom is 0.196 e. The lowest BCUT2D eigenvalue weighted by atomic mass is 10.0. The molecule has 2 aromatic carbocycles. The predicted molar refractivity (Wildman–Crippen MR) is 62.4 cm³/mol. The lowest BCUT2D eigenvalue weighted by Crippen LogP contribution is -1.94. The molecule has 0 heterocycles. The molecule has 80 valence electrons. The molecular formula is C12H9O3P. The maximum atomic E-state index is 10.8. The minimum absolute atomic E-state index is 0.0314. The van der Waals surface area contributed by atoms with Gasteiger partial charge in [0, 0.05) is 0 Å². The van der Waals surface area contributed by atoms with Gasteiger partial charge in [0.25, 0.3) is 0 Å². The number of hydrogen-bond acceptors (Lipinski definition) is 3. The summed E-state index contributed by atoms with van der Waals surface area (Å²) in [5.74, 6) is -0.182. The average Bonchev–Trinajstić information content (AvgIpc) is 2.31. The Morgan fingerprint density at radius 2 is 1.62 bits per heavy atom. The van der Waals surface area contributed by atoms with Crippen molar-refractivity contribution < 1.29 is 14.8 Å². The van der Waals surface area contributed by atoms with Crippen LogP contribution in [0.2, 0.25) is 0 Å². The normalized spacial score (nSPS) is 10.5. The van der Waals surface area contributed by atoms with Crippen molar-refractivity contribution in [2.75, 3.05) is 0 Å². The predicted octanol–water partition coefficient (Wildman–Crippen LogP) is 2.68. The van der Waals surface area contributed by atoms with E-state index in [2.05, 4.69) is 0 Å². The third-order valence-electron chi connectivity index (χ3n) is 2.30. The summed E-state index contributed by atoms with van der Waals surface area (Å²) in [6.07, 6.45) is 0. The fraction of sp³-hybridized carbons (Fsp3) is 0. The van der Waals surface area contributed by atoms with Crippen molar-refractivity contribution in [3.8, 4) is 22.6 Å². The molecule has 16 heavy (non-hydrogen) atoms. The molecule has 2 N–H and O–H groups in total. The minimum atomic E-state index is -0.271. The van der Waals surface area contributed by atoms with Crippen LogP contribution in [0.5, 0.6) is 11.5 Å². The summed E-state index contributed by atoms with van der Waals surface area (Å²) in [5.41, 5.74) is 0.990. The molecule has 0 amide bonds. The Morgan fingerprint density at radius 1 is 0.938 bits per heavy atom. The summed E-state index contributed by atoms with van der Waals surface area (Å²) in [6.45, 7) is 0. The fourth-order valence-corrected chi connectivity index (χ4v) is 1.87. The molecule has 2 aromatic rings. The van der Waals surface area contributed by atoms with Gasteiger partial charge in [-0.05, 0) is 17.7 Å². The fourth-order valence-electron chi connectivity index (χ4n) is 1.53. The summed E-state index contributed by atoms with van der Waals surface area (Å²) in [5, 5.41) is 19.8. The molecule has 2 rings (SSSR count). The van der Waals surface area contributed by atoms with Crippen molar-refractivity contribution in [3.63, 3.8) is 0 Å². The highest BCUT2D eigenvalue weighted by Crippen LogP contribution is 2.36. The smallest absolute Gasteiger partial charge is 0.196 e. The molecule has 0 unspecified atom stereocenters. The molecular weight excluding hydrogens is 223 g/mol. The van der Waals surface area contributed by atoms with Gasteiger partial charge in [-0.3, -0.25) is 4.57 Å². The van der Waals surface area contributed by atoms with Crippen LogP contribution in [0, 0.1) is 0 Å². The summed E-state index contributed by atoms with van der Waals surface area (Å²) >= 11 is 0. The van der Waals surface area contributed by atoms with E-state index in [1.807, 2.05) is 6.07 Å². The average molecular weight is 232 g/mol. The second kappa shape index (κ2) is 4.33. The van der Waals surface area contributed by atoms with Gasteiger partial charge < -0.3 is 10.2 Å². The van der Waals surface area contributed by atoms with Crippen LogP contribution in [0.4, 0.5) is 0 Å². The Hall–Kier alpha value is -1.86. The van der Waals surface area contributed by atoms with Crippen molar-refractivity contribution in [2.45, 2.75) is 0 Å². The number of phenols is 2. The first kappa shape index (κ1) is 10.7. The van der Waals surface area contributed by atoms with Crippen LogP contribution in [0.25, 0.3) is 11.1 Å². The van der Waals surface area contributed by atoms with E-state index in [1.165, 1.54) is 12.1 Å². The first-order chi connectivity index (χ1) is 7.74. The Balaban J connectivity index is 2.69. The standard InChI is InChI=1S/C12H9O3P/c13-9-6-7-10(16-15)12(14)11(9)8-4-2-1-3-5-8/h1-7,13-14H. The molecule has 0 aliphatic rings. The first-order valence-corrected chi connectivity index (χ1v) is 5.49. The van der Waals surface area contributed by atoms with Crippen molar-refractivity contribution >= 4 is 13.8 Å². The molecule has 0 saturated heterocycles. The van der Waals surface area contributed by atoms with Gasteiger partial charge in [0.15, 0.2) is 8.46 Å². The van der Waals surface area contributed by atoms with Gasteiger partial charge in [0.2, 0.25) is 0 Å². The van der Waals surface area contributed by atoms with Crippen molar-refractivity contribution in [3.05, 3.63) is 42.5 Å². The molecule has 0 spiro atoms. The van der Waals surface area contributed by atoms with E-state index >= 15 is 0 Å². The van der Waals surface area contributed by atoms with Crippen LogP contribution in [-0.4, -0.2) is 10.2 Å². The molecule has 0 fully saturated rings. The Bertz CT molecular complexity index is 523. The minimum Gasteiger partial charge on any atom is -0.507 e. The van der Waals surface area contributed by atoms with E-state index in [-0.39, 0.29) is 25.3 Å². The van der Waals surface area contributed by atoms with E-state index in [0.29, 0.717) is 11.1 Å². The summed E-state index contributed by atoms with van der Waals surface area (Å²) in [4.78, 5) is 0. The van der Waals surface area contributed by atoms with E-state index < -0.39 is 0 Å². The van der Waals surface area contributed by atoms with E-state index in [9.17, 15) is 14.8 Å². The van der Waals surface area contributed by atoms with Crippen LogP contribution in [0.3, 0.4) is 0 Å². The Morgan fingerprint density at radius 3 is 2.25 bits per heavy atom. The summed E-state index contributed by atoms with van der Waals surface area (Å²) in [7, 11) is -0.271. The van der Waals surface area contributed by atoms with Gasteiger partial charge in [0.1, 0.15) is 11.5 Å². The topological polar surface area (TPSA) is 57.5 Å². The van der Waals surface area contributed by atoms with Crippen LogP contribution in [0.15, 0.2) is 42.5 Å². The van der Waals surface area contributed by atoms with Gasteiger partial charge in [-0.25, -0.2) is 0 Å². The van der Waals surface area contributed by atoms with Gasteiger partial charge >= 0.3 is 0 Å². The zero-order valence-corrected chi connectivity index (χ0v) is 9.19. The van der Waals surface area contributed by atoms with E-state index in [4.69, 9.17) is 0 Å². The van der Waals surface area contributed by atoms with Crippen LogP contribution in [0.1, 0.15) is 0 Å². The van der Waals surface area contributed by atoms with Gasteiger partial charge in [0.05, 0.1) is 10.9 Å². The van der Waals surface area contributed by atoms with Crippen LogP contribution in [-0.2, 0) is 4.57 Å². The third-order valence-corrected chi connectivity index (χ3v) is 2.85. The molecule has 0 bridgehead atoms. The SMILES string of the molecule is O=Pc1ccc(O)c(-c2ccccc2)c1O. The highest BCUT2D eigenvalue weighted by Gasteiger charge is 2.13. The number of hydrogen-bond donors (Lipinski definition) is 2. The molecule has 4 heteroatoms. The van der Waals surface area contributed by atoms with Crippen molar-refractivity contribution in [1.29, 1.82) is 0 Å². The monoisotopic (exact) mass is 232 g/mol. The molecule has 3 nitrogen and oxygen atoms in total. The second-order valence-corrected chi connectivity index (χ2v) is 3.95. The zero-order chi connectivity index (χ0) is 11.5. The molecule has 0 atom stereocenters. The van der Waals surface area contributed by atoms with Gasteiger partial charge in [-0.15, -0.1) is 0 Å². The van der Waals surface area contributed by atoms with Crippen molar-refractivity contribution in [2.24, 2.45) is 0 Å². The third kappa shape index (κ3) is 1.77. The molecule has 0 aliphatic carbocycles. The lowest BCUT2D eigenvalue weighted by Gasteiger charge is -2.08. The molecule has 0 aromatic heterocycles. The highest BCUT2D eigenvalue weighted by molar-refractivity contribution is 7.34. The second-order valence-electron chi connectivity index (χ2n) is 3.28. The number of rotatable bonds is 2. The Labute approximate surface area is 94.2 Å². The van der Waals surface area contributed by atoms with Crippen molar-refractivity contribution in [1.82, 2.24) is 0 Å². The van der Waals surface area contributed by atoms with Crippen LogP contribution >= 0.6 is 8.46 Å². The summed E-state index contributed by atoms with van der Waals surface area (Å²) in [6, 6.07) is 11.8.